The first-order chi connectivity index (χ1) is 23.5. The summed E-state index contributed by atoms with van der Waals surface area (Å²) < 4.78 is 63.9. The van der Waals surface area contributed by atoms with Crippen LogP contribution < -0.4 is 29.6 Å². The second-order valence-electron chi connectivity index (χ2n) is 11.4. The maximum Gasteiger partial charge on any atom is 0.417 e. The highest BCUT2D eigenvalue weighted by Crippen LogP contribution is 2.48. The Morgan fingerprint density at radius 3 is 2.33 bits per heavy atom. The molecule has 2 N–H and O–H groups in total. The lowest BCUT2D eigenvalue weighted by atomic mass is 10.1. The van der Waals surface area contributed by atoms with Gasteiger partial charge < -0.3 is 34.5 Å². The van der Waals surface area contributed by atoms with Gasteiger partial charge in [0.1, 0.15) is 24.7 Å². The first-order valence-electron chi connectivity index (χ1n) is 15.6. The molecule has 0 bridgehead atoms. The van der Waals surface area contributed by atoms with E-state index < -0.39 is 22.8 Å². The van der Waals surface area contributed by atoms with Crippen LogP contribution in [0.25, 0.3) is 10.9 Å². The van der Waals surface area contributed by atoms with Crippen LogP contribution >= 0.6 is 11.6 Å². The lowest BCUT2D eigenvalue weighted by Crippen LogP contribution is -2.48. The number of ether oxygens (including phenoxy) is 4. The Morgan fingerprint density at radius 1 is 0.918 bits per heavy atom. The number of urea groups is 1. The number of carbonyl (C=O) groups is 2. The summed E-state index contributed by atoms with van der Waals surface area (Å²) in [6, 6.07) is 12.3. The van der Waals surface area contributed by atoms with Gasteiger partial charge in [-0.3, -0.25) is 14.7 Å². The second kappa shape index (κ2) is 14.7. The minimum atomic E-state index is -4.66. The van der Waals surface area contributed by atoms with Crippen molar-refractivity contribution in [1.29, 1.82) is 0 Å². The molecule has 15 heteroatoms. The van der Waals surface area contributed by atoms with Gasteiger partial charge in [-0.15, -0.1) is 0 Å². The Labute approximate surface area is 284 Å². The molecule has 0 radical (unpaired) electrons. The third-order valence-electron chi connectivity index (χ3n) is 8.01. The van der Waals surface area contributed by atoms with Crippen molar-refractivity contribution >= 4 is 45.8 Å². The lowest BCUT2D eigenvalue weighted by Gasteiger charge is -2.34. The Kier molecular flexibility index (Phi) is 10.2. The second-order valence-corrected chi connectivity index (χ2v) is 11.8. The maximum absolute atomic E-state index is 13.2. The topological polar surface area (TPSA) is 114 Å². The molecule has 3 aromatic carbocycles. The van der Waals surface area contributed by atoms with E-state index in [1.165, 1.54) is 6.07 Å². The highest BCUT2D eigenvalue weighted by molar-refractivity contribution is 6.31. The number of nitrogens with one attached hydrogen (secondary N) is 2. The largest absolute Gasteiger partial charge is 0.489 e. The van der Waals surface area contributed by atoms with E-state index in [0.29, 0.717) is 65.2 Å². The van der Waals surface area contributed by atoms with E-state index in [2.05, 4.69) is 20.5 Å². The van der Waals surface area contributed by atoms with E-state index in [9.17, 15) is 22.8 Å². The summed E-state index contributed by atoms with van der Waals surface area (Å²) in [6.07, 6.45) is -2.26. The molecule has 0 atom stereocenters. The van der Waals surface area contributed by atoms with Crippen molar-refractivity contribution in [2.24, 2.45) is 0 Å². The van der Waals surface area contributed by atoms with Crippen LogP contribution in [0.1, 0.15) is 18.9 Å². The zero-order valence-electron chi connectivity index (χ0n) is 26.4. The fraction of sp³-hybridized carbons (Fsp3) is 0.324. The standard InChI is InChI=1S/C34H33ClF3N5O6/c1-21(44)43-14-12-42(13-15-43)11-2-16-46-29-20-27-30(32-31(29)47-17-18-48-32)28(9-10-39-27)49-24-6-3-22(4-7-24)40-33(45)41-23-5-8-26(35)25(19-23)34(36,37)38/h3-10,19-20H,2,11-18H2,1H3,(H2,40,41,45). The normalized spacial score (nSPS) is 14.8. The van der Waals surface area contributed by atoms with Crippen LogP contribution in [0.3, 0.4) is 0 Å². The molecule has 0 aliphatic carbocycles. The van der Waals surface area contributed by atoms with Crippen LogP contribution in [0.4, 0.5) is 29.3 Å². The van der Waals surface area contributed by atoms with Crippen LogP contribution in [0.15, 0.2) is 60.8 Å². The molecule has 1 aromatic heterocycles. The number of hydrogen-bond donors (Lipinski definition) is 2. The summed E-state index contributed by atoms with van der Waals surface area (Å²) >= 11 is 5.66. The Hall–Kier alpha value is -4.95. The van der Waals surface area contributed by atoms with Crippen molar-refractivity contribution in [3.63, 3.8) is 0 Å². The summed E-state index contributed by atoms with van der Waals surface area (Å²) in [6.45, 7) is 6.73. The molecule has 6 rings (SSSR count). The van der Waals surface area contributed by atoms with Gasteiger partial charge in [0.25, 0.3) is 0 Å². The summed E-state index contributed by atoms with van der Waals surface area (Å²) in [5, 5.41) is 5.10. The SMILES string of the molecule is CC(=O)N1CCN(CCCOc2cc3nccc(Oc4ccc(NC(=O)Nc5ccc(Cl)c(C(F)(F)F)c5)cc4)c3c3c2OCCO3)CC1. The number of pyridine rings is 1. The molecule has 0 unspecified atom stereocenters. The van der Waals surface area contributed by atoms with Crippen molar-refractivity contribution < 1.29 is 41.7 Å². The molecule has 4 aromatic rings. The number of aromatic nitrogens is 1. The molecule has 2 aliphatic heterocycles. The number of anilines is 2. The zero-order chi connectivity index (χ0) is 34.5. The number of nitrogens with zero attached hydrogens (tertiary/aromatic N) is 3. The predicted octanol–water partition coefficient (Wildman–Crippen LogP) is 7.05. The highest BCUT2D eigenvalue weighted by atomic mass is 35.5. The van der Waals surface area contributed by atoms with Crippen molar-refractivity contribution in [3.05, 3.63) is 71.4 Å². The number of alkyl halides is 3. The number of fused-ring (bicyclic) bond motifs is 3. The predicted molar refractivity (Wildman–Crippen MR) is 177 cm³/mol. The van der Waals surface area contributed by atoms with Gasteiger partial charge in [-0.1, -0.05) is 11.6 Å². The van der Waals surface area contributed by atoms with E-state index in [4.69, 9.17) is 30.5 Å². The minimum absolute atomic E-state index is 0.0671. The molecule has 11 nitrogen and oxygen atoms in total. The molecule has 1 saturated heterocycles. The molecule has 3 heterocycles. The van der Waals surface area contributed by atoms with Gasteiger partial charge in [-0.05, 0) is 55.0 Å². The van der Waals surface area contributed by atoms with Crippen molar-refractivity contribution in [3.8, 4) is 28.7 Å². The highest BCUT2D eigenvalue weighted by Gasteiger charge is 2.33. The van der Waals surface area contributed by atoms with Crippen molar-refractivity contribution in [1.82, 2.24) is 14.8 Å². The lowest BCUT2D eigenvalue weighted by molar-refractivity contribution is -0.137. The summed E-state index contributed by atoms with van der Waals surface area (Å²) in [5.41, 5.74) is -0.151. The number of piperazine rings is 1. The van der Waals surface area contributed by atoms with Crippen LogP contribution in [0.2, 0.25) is 5.02 Å². The van der Waals surface area contributed by atoms with Crippen molar-refractivity contribution in [2.75, 3.05) is 63.2 Å². The third kappa shape index (κ3) is 8.20. The van der Waals surface area contributed by atoms with Gasteiger partial charge in [0, 0.05) is 63.3 Å². The fourth-order valence-corrected chi connectivity index (χ4v) is 5.79. The summed E-state index contributed by atoms with van der Waals surface area (Å²) in [4.78, 5) is 32.8. The molecular weight excluding hydrogens is 667 g/mol. The average molecular weight is 700 g/mol. The van der Waals surface area contributed by atoms with Crippen LogP contribution in [-0.2, 0) is 11.0 Å². The van der Waals surface area contributed by atoms with E-state index in [-0.39, 0.29) is 11.6 Å². The number of hydrogen-bond acceptors (Lipinski definition) is 8. The monoisotopic (exact) mass is 699 g/mol. The number of rotatable bonds is 9. The molecule has 0 spiro atoms. The molecule has 258 valence electrons. The number of halogens is 4. The summed E-state index contributed by atoms with van der Waals surface area (Å²) in [5.74, 6) is 2.48. The molecule has 49 heavy (non-hydrogen) atoms. The van der Waals surface area contributed by atoms with E-state index in [1.54, 1.807) is 49.5 Å². The van der Waals surface area contributed by atoms with Crippen LogP contribution in [0.5, 0.6) is 28.7 Å². The van der Waals surface area contributed by atoms with Gasteiger partial charge >= 0.3 is 12.2 Å². The molecule has 2 aliphatic rings. The van der Waals surface area contributed by atoms with E-state index in [0.717, 1.165) is 51.3 Å². The summed E-state index contributed by atoms with van der Waals surface area (Å²) in [7, 11) is 0. The van der Waals surface area contributed by atoms with Gasteiger partial charge in [-0.2, -0.15) is 13.2 Å². The molecular formula is C34H33ClF3N5O6. The van der Waals surface area contributed by atoms with Crippen LogP contribution in [0, 0.1) is 0 Å². The zero-order valence-corrected chi connectivity index (χ0v) is 27.2. The molecule has 0 saturated carbocycles. The van der Waals surface area contributed by atoms with E-state index in [1.807, 2.05) is 4.90 Å². The van der Waals surface area contributed by atoms with E-state index >= 15 is 0 Å². The number of amides is 3. The first kappa shape index (κ1) is 33.9. The van der Waals surface area contributed by atoms with Gasteiger partial charge in [0.05, 0.1) is 28.1 Å². The van der Waals surface area contributed by atoms with Crippen LogP contribution in [-0.4, -0.2) is 79.3 Å². The molecule has 3 amide bonds. The Balaban J connectivity index is 1.10. The van der Waals surface area contributed by atoms with Gasteiger partial charge in [0.2, 0.25) is 11.7 Å². The Bertz CT molecular complexity index is 1830. The van der Waals surface area contributed by atoms with Gasteiger partial charge in [-0.25, -0.2) is 4.79 Å². The van der Waals surface area contributed by atoms with Crippen molar-refractivity contribution in [2.45, 2.75) is 19.5 Å². The first-order valence-corrected chi connectivity index (χ1v) is 16.0. The quantitative estimate of drug-likeness (QED) is 0.179. The van der Waals surface area contributed by atoms with Gasteiger partial charge in [0.15, 0.2) is 11.5 Å². The maximum atomic E-state index is 13.2. The number of carbonyl (C=O) groups excluding carboxylic acids is 2. The fourth-order valence-electron chi connectivity index (χ4n) is 5.57. The average Bonchev–Trinajstić information content (AvgIpc) is 3.08. The third-order valence-corrected chi connectivity index (χ3v) is 8.34. The Morgan fingerprint density at radius 2 is 1.61 bits per heavy atom. The minimum Gasteiger partial charge on any atom is -0.489 e. The molecule has 1 fully saturated rings. The number of benzene rings is 3. The smallest absolute Gasteiger partial charge is 0.417 e.